The topological polar surface area (TPSA) is 24.7 Å². The second-order valence-electron chi connectivity index (χ2n) is 7.45. The van der Waals surface area contributed by atoms with Gasteiger partial charge in [-0.2, -0.15) is 0 Å². The van der Waals surface area contributed by atoms with Crippen molar-refractivity contribution < 1.29 is 4.79 Å². The number of rotatable bonds is 5. The van der Waals surface area contributed by atoms with E-state index in [9.17, 15) is 4.79 Å². The lowest BCUT2D eigenvalue weighted by Crippen LogP contribution is -2.30. The maximum absolute atomic E-state index is 12.7. The Morgan fingerprint density at radius 3 is 2.62 bits per heavy atom. The van der Waals surface area contributed by atoms with Gasteiger partial charge in [-0.25, -0.2) is 4.85 Å². The zero-order valence-corrected chi connectivity index (χ0v) is 17.7. The minimum atomic E-state index is 0.108. The van der Waals surface area contributed by atoms with Crippen molar-refractivity contribution >= 4 is 27.4 Å². The van der Waals surface area contributed by atoms with Crippen LogP contribution in [0.2, 0.25) is 0 Å². The molecule has 0 aromatic heterocycles. The van der Waals surface area contributed by atoms with Crippen LogP contribution in [0.15, 0.2) is 71.2 Å². The Morgan fingerprint density at radius 1 is 1.00 bits per heavy atom. The van der Waals surface area contributed by atoms with Crippen molar-refractivity contribution in [2.24, 2.45) is 0 Å². The molecule has 0 fully saturated rings. The van der Waals surface area contributed by atoms with Crippen LogP contribution in [0.4, 0.5) is 5.69 Å². The molecule has 4 rings (SSSR count). The molecular formula is C25H21BrN2O. The van der Waals surface area contributed by atoms with Gasteiger partial charge in [-0.15, -0.1) is 0 Å². The summed E-state index contributed by atoms with van der Waals surface area (Å²) in [5.41, 5.74) is 6.25. The Morgan fingerprint density at radius 2 is 1.83 bits per heavy atom. The molecule has 0 saturated heterocycles. The quantitative estimate of drug-likeness (QED) is 0.356. The molecule has 4 heteroatoms. The summed E-state index contributed by atoms with van der Waals surface area (Å²) >= 11 is 3.55. The average Bonchev–Trinajstić information content (AvgIpc) is 2.74. The molecule has 0 amide bonds. The average molecular weight is 445 g/mol. The van der Waals surface area contributed by atoms with E-state index in [1.807, 2.05) is 30.3 Å². The van der Waals surface area contributed by atoms with E-state index in [4.69, 9.17) is 6.57 Å². The van der Waals surface area contributed by atoms with Crippen LogP contribution in [-0.2, 0) is 25.9 Å². The molecule has 3 nitrogen and oxygen atoms in total. The van der Waals surface area contributed by atoms with E-state index in [0.29, 0.717) is 12.1 Å². The third-order valence-electron chi connectivity index (χ3n) is 5.34. The Balaban J connectivity index is 1.42. The van der Waals surface area contributed by atoms with Gasteiger partial charge in [-0.1, -0.05) is 64.5 Å². The third-order valence-corrected chi connectivity index (χ3v) is 5.84. The molecule has 0 spiro atoms. The highest BCUT2D eigenvalue weighted by molar-refractivity contribution is 9.10. The second kappa shape index (κ2) is 8.73. The van der Waals surface area contributed by atoms with Gasteiger partial charge >= 0.3 is 0 Å². The van der Waals surface area contributed by atoms with Gasteiger partial charge in [0.15, 0.2) is 11.5 Å². The van der Waals surface area contributed by atoms with Gasteiger partial charge < -0.3 is 0 Å². The van der Waals surface area contributed by atoms with Crippen molar-refractivity contribution in [1.29, 1.82) is 0 Å². The van der Waals surface area contributed by atoms with Crippen LogP contribution in [0, 0.1) is 6.57 Å². The maximum atomic E-state index is 12.7. The molecule has 0 unspecified atom stereocenters. The molecule has 3 aromatic carbocycles. The molecule has 0 radical (unpaired) electrons. The first kappa shape index (κ1) is 19.6. The molecule has 1 aliphatic rings. The fourth-order valence-electron chi connectivity index (χ4n) is 3.79. The van der Waals surface area contributed by atoms with Gasteiger partial charge in [-0.05, 0) is 46.9 Å². The number of benzene rings is 3. The lowest BCUT2D eigenvalue weighted by Gasteiger charge is -2.29. The summed E-state index contributed by atoms with van der Waals surface area (Å²) in [5.74, 6) is 0.108. The Hall–Kier alpha value is -2.74. The number of carbonyl (C=O) groups is 1. The number of carbonyl (C=O) groups excluding carboxylic acids is 1. The molecule has 144 valence electrons. The van der Waals surface area contributed by atoms with E-state index < -0.39 is 0 Å². The lowest BCUT2D eigenvalue weighted by molar-refractivity contribution is 0.0992. The predicted molar refractivity (Wildman–Crippen MR) is 119 cm³/mol. The van der Waals surface area contributed by atoms with Gasteiger partial charge in [-0.3, -0.25) is 9.69 Å². The van der Waals surface area contributed by atoms with Crippen LogP contribution in [0.5, 0.6) is 0 Å². The fourth-order valence-corrected chi connectivity index (χ4v) is 4.20. The van der Waals surface area contributed by atoms with Gasteiger partial charge in [0.2, 0.25) is 0 Å². The summed E-state index contributed by atoms with van der Waals surface area (Å²) in [6.07, 6.45) is 1.40. The minimum absolute atomic E-state index is 0.108. The number of halogens is 1. The molecule has 0 N–H and O–H groups in total. The molecule has 0 saturated carbocycles. The largest absolute Gasteiger partial charge is 0.294 e. The van der Waals surface area contributed by atoms with Crippen molar-refractivity contribution in [2.75, 3.05) is 6.54 Å². The number of ketones is 1. The highest BCUT2D eigenvalue weighted by atomic mass is 79.9. The van der Waals surface area contributed by atoms with Crippen molar-refractivity contribution in [1.82, 2.24) is 4.90 Å². The first-order valence-corrected chi connectivity index (χ1v) is 10.5. The van der Waals surface area contributed by atoms with E-state index in [-0.39, 0.29) is 5.78 Å². The first-order valence-electron chi connectivity index (χ1n) is 9.69. The number of hydrogen-bond donors (Lipinski definition) is 0. The summed E-state index contributed by atoms with van der Waals surface area (Å²) in [6.45, 7) is 9.83. The number of fused-ring (bicyclic) bond motifs is 1. The van der Waals surface area contributed by atoms with Crippen LogP contribution < -0.4 is 0 Å². The fraction of sp³-hybridized carbons (Fsp3) is 0.200. The smallest absolute Gasteiger partial charge is 0.187 e. The van der Waals surface area contributed by atoms with Crippen molar-refractivity contribution in [3.63, 3.8) is 0 Å². The molecular weight excluding hydrogens is 424 g/mol. The van der Waals surface area contributed by atoms with E-state index in [1.54, 1.807) is 12.1 Å². The Bertz CT molecular complexity index is 1080. The lowest BCUT2D eigenvalue weighted by atomic mass is 9.98. The van der Waals surface area contributed by atoms with Crippen LogP contribution in [0.25, 0.3) is 4.85 Å². The van der Waals surface area contributed by atoms with Crippen LogP contribution in [0.3, 0.4) is 0 Å². The van der Waals surface area contributed by atoms with E-state index >= 15 is 0 Å². The summed E-state index contributed by atoms with van der Waals surface area (Å²) in [6, 6.07) is 21.7. The zero-order chi connectivity index (χ0) is 20.2. The molecule has 1 aliphatic heterocycles. The van der Waals surface area contributed by atoms with Crippen molar-refractivity contribution in [2.45, 2.75) is 25.9 Å². The normalized spacial score (nSPS) is 13.5. The Labute approximate surface area is 179 Å². The van der Waals surface area contributed by atoms with E-state index in [0.717, 1.165) is 41.7 Å². The zero-order valence-electron chi connectivity index (χ0n) is 16.1. The van der Waals surface area contributed by atoms with Gasteiger partial charge in [0, 0.05) is 36.1 Å². The summed E-state index contributed by atoms with van der Waals surface area (Å²) in [7, 11) is 0. The van der Waals surface area contributed by atoms with Crippen molar-refractivity contribution in [3.8, 4) is 0 Å². The first-order chi connectivity index (χ1) is 14.1. The monoisotopic (exact) mass is 444 g/mol. The maximum Gasteiger partial charge on any atom is 0.187 e. The summed E-state index contributed by atoms with van der Waals surface area (Å²) < 4.78 is 1.14. The van der Waals surface area contributed by atoms with Crippen LogP contribution >= 0.6 is 15.9 Å². The Kier molecular flexibility index (Phi) is 5.89. The minimum Gasteiger partial charge on any atom is -0.294 e. The molecule has 3 aromatic rings. The highest BCUT2D eigenvalue weighted by Crippen LogP contribution is 2.24. The van der Waals surface area contributed by atoms with Crippen molar-refractivity contribution in [3.05, 3.63) is 110 Å². The van der Waals surface area contributed by atoms with E-state index in [1.165, 1.54) is 16.7 Å². The highest BCUT2D eigenvalue weighted by Gasteiger charge is 2.17. The second-order valence-corrected chi connectivity index (χ2v) is 8.37. The van der Waals surface area contributed by atoms with E-state index in [2.05, 4.69) is 49.9 Å². The third kappa shape index (κ3) is 4.82. The number of nitrogens with zero attached hydrogens (tertiary/aromatic N) is 2. The summed E-state index contributed by atoms with van der Waals surface area (Å²) in [5, 5.41) is 0. The predicted octanol–water partition coefficient (Wildman–Crippen LogP) is 5.98. The number of hydrogen-bond acceptors (Lipinski definition) is 2. The van der Waals surface area contributed by atoms with Gasteiger partial charge in [0.05, 0.1) is 6.57 Å². The number of Topliss-reactive ketones (excluding diaryl/α,β-unsaturated/α-hetero) is 1. The summed E-state index contributed by atoms with van der Waals surface area (Å²) in [4.78, 5) is 18.6. The molecule has 29 heavy (non-hydrogen) atoms. The standard InChI is InChI=1S/C25H21BrN2O/c1-27-24-9-5-18(6-10-24)14-25(29)21-4-2-3-19(13-21)16-28-12-11-20-15-23(26)8-7-22(20)17-28/h2-10,13,15H,11-12,14,16-17H2. The van der Waals surface area contributed by atoms with Crippen LogP contribution in [-0.4, -0.2) is 17.2 Å². The van der Waals surface area contributed by atoms with Crippen LogP contribution in [0.1, 0.15) is 32.6 Å². The molecule has 0 bridgehead atoms. The van der Waals surface area contributed by atoms with Gasteiger partial charge in [0.1, 0.15) is 0 Å². The molecule has 0 aliphatic carbocycles. The SMILES string of the molecule is [C-]#[N+]c1ccc(CC(=O)c2cccc(CN3CCc4cc(Br)ccc4C3)c2)cc1. The molecule has 0 atom stereocenters. The molecule has 1 heterocycles. The van der Waals surface area contributed by atoms with Gasteiger partial charge in [0.25, 0.3) is 0 Å².